The zero-order valence-electron chi connectivity index (χ0n) is 12.0. The van der Waals surface area contributed by atoms with Crippen molar-refractivity contribution in [2.75, 3.05) is 26.3 Å². The van der Waals surface area contributed by atoms with Gasteiger partial charge in [0.25, 0.3) is 5.91 Å². The second kappa shape index (κ2) is 8.36. The van der Waals surface area contributed by atoms with Gasteiger partial charge in [0.2, 0.25) is 0 Å². The topological polar surface area (TPSA) is 60.8 Å². The van der Waals surface area contributed by atoms with Crippen molar-refractivity contribution in [1.82, 2.24) is 4.90 Å². The first kappa shape index (κ1) is 16.2. The van der Waals surface area contributed by atoms with Crippen molar-refractivity contribution in [2.45, 2.75) is 20.3 Å². The zero-order chi connectivity index (χ0) is 15.0. The number of hydrogen-bond acceptors (Lipinski definition) is 3. The number of carbonyl (C=O) groups is 1. The van der Waals surface area contributed by atoms with E-state index in [0.29, 0.717) is 25.1 Å². The van der Waals surface area contributed by atoms with Crippen LogP contribution in [0.15, 0.2) is 18.2 Å². The lowest BCUT2D eigenvalue weighted by Gasteiger charge is -2.21. The molecule has 0 fully saturated rings. The molecule has 0 aliphatic heterocycles. The summed E-state index contributed by atoms with van der Waals surface area (Å²) in [5.74, 6) is 5.74. The standard InChI is InChI=1S/C16H21NO3/c1-3-17(10-12-19)16(20)15-9-6-8-14(13(15)2)7-4-5-11-18/h6,8-9,18-19H,3,5,10-12H2,1-2H3. The molecule has 0 aromatic heterocycles. The van der Waals surface area contributed by atoms with E-state index in [9.17, 15) is 4.79 Å². The molecule has 0 unspecified atom stereocenters. The molecule has 0 aliphatic carbocycles. The predicted molar refractivity (Wildman–Crippen MR) is 78.4 cm³/mol. The average molecular weight is 275 g/mol. The highest BCUT2D eigenvalue weighted by Gasteiger charge is 2.16. The zero-order valence-corrected chi connectivity index (χ0v) is 12.0. The van der Waals surface area contributed by atoms with Gasteiger partial charge in [-0.05, 0) is 31.5 Å². The maximum Gasteiger partial charge on any atom is 0.254 e. The van der Waals surface area contributed by atoms with Crippen molar-refractivity contribution in [3.63, 3.8) is 0 Å². The molecule has 20 heavy (non-hydrogen) atoms. The van der Waals surface area contributed by atoms with Crippen LogP contribution in [0.1, 0.15) is 34.8 Å². The van der Waals surface area contributed by atoms with Gasteiger partial charge in [0.1, 0.15) is 0 Å². The summed E-state index contributed by atoms with van der Waals surface area (Å²) in [5, 5.41) is 17.7. The molecule has 4 nitrogen and oxygen atoms in total. The summed E-state index contributed by atoms with van der Waals surface area (Å²) in [6.45, 7) is 4.62. The molecule has 0 bridgehead atoms. The van der Waals surface area contributed by atoms with Crippen molar-refractivity contribution in [3.05, 3.63) is 34.9 Å². The van der Waals surface area contributed by atoms with E-state index < -0.39 is 0 Å². The minimum Gasteiger partial charge on any atom is -0.395 e. The van der Waals surface area contributed by atoms with Crippen LogP contribution in [-0.2, 0) is 0 Å². The Morgan fingerprint density at radius 1 is 1.30 bits per heavy atom. The third-order valence-electron chi connectivity index (χ3n) is 3.06. The summed E-state index contributed by atoms with van der Waals surface area (Å²) < 4.78 is 0. The molecule has 0 saturated carbocycles. The number of carbonyl (C=O) groups excluding carboxylic acids is 1. The van der Waals surface area contributed by atoms with Gasteiger partial charge in [0.05, 0.1) is 13.2 Å². The summed E-state index contributed by atoms with van der Waals surface area (Å²) in [7, 11) is 0. The molecule has 0 aliphatic rings. The van der Waals surface area contributed by atoms with Crippen LogP contribution >= 0.6 is 0 Å². The Morgan fingerprint density at radius 2 is 2.05 bits per heavy atom. The first-order valence-electron chi connectivity index (χ1n) is 6.75. The molecule has 1 amide bonds. The third kappa shape index (κ3) is 4.09. The number of rotatable bonds is 5. The molecular formula is C16H21NO3. The minimum absolute atomic E-state index is 0.0325. The van der Waals surface area contributed by atoms with Crippen molar-refractivity contribution in [1.29, 1.82) is 0 Å². The van der Waals surface area contributed by atoms with E-state index in [1.807, 2.05) is 19.9 Å². The van der Waals surface area contributed by atoms with Gasteiger partial charge in [-0.2, -0.15) is 0 Å². The Morgan fingerprint density at radius 3 is 2.65 bits per heavy atom. The van der Waals surface area contributed by atoms with Gasteiger partial charge in [0.15, 0.2) is 0 Å². The number of hydrogen-bond donors (Lipinski definition) is 2. The van der Waals surface area contributed by atoms with Crippen molar-refractivity contribution >= 4 is 5.91 Å². The van der Waals surface area contributed by atoms with Gasteiger partial charge in [-0.25, -0.2) is 0 Å². The first-order valence-corrected chi connectivity index (χ1v) is 6.75. The van der Waals surface area contributed by atoms with Gasteiger partial charge in [-0.3, -0.25) is 4.79 Å². The normalized spacial score (nSPS) is 9.80. The number of benzene rings is 1. The Labute approximate surface area is 120 Å². The maximum atomic E-state index is 12.4. The lowest BCUT2D eigenvalue weighted by atomic mass is 10.0. The van der Waals surface area contributed by atoms with Crippen LogP contribution in [0, 0.1) is 18.8 Å². The van der Waals surface area contributed by atoms with Crippen LogP contribution in [0.5, 0.6) is 0 Å². The number of aliphatic hydroxyl groups is 2. The van der Waals surface area contributed by atoms with E-state index in [4.69, 9.17) is 10.2 Å². The van der Waals surface area contributed by atoms with Gasteiger partial charge in [-0.15, -0.1) is 0 Å². The third-order valence-corrected chi connectivity index (χ3v) is 3.06. The summed E-state index contributed by atoms with van der Waals surface area (Å²) in [6.07, 6.45) is 0.420. The molecular weight excluding hydrogens is 254 g/mol. The number of amides is 1. The monoisotopic (exact) mass is 275 g/mol. The van der Waals surface area contributed by atoms with Gasteiger partial charge in [-0.1, -0.05) is 17.9 Å². The Hall–Kier alpha value is -1.83. The number of nitrogens with zero attached hydrogens (tertiary/aromatic N) is 1. The Kier molecular flexibility index (Phi) is 6.78. The molecule has 1 aromatic rings. The number of likely N-dealkylation sites (N-methyl/N-ethyl adjacent to an activating group) is 1. The van der Waals surface area contributed by atoms with Crippen molar-refractivity contribution < 1.29 is 15.0 Å². The smallest absolute Gasteiger partial charge is 0.254 e. The molecule has 1 aromatic carbocycles. The minimum atomic E-state index is -0.0927. The molecule has 0 saturated heterocycles. The van der Waals surface area contributed by atoms with Crippen LogP contribution < -0.4 is 0 Å². The van der Waals surface area contributed by atoms with Crippen molar-refractivity contribution in [3.8, 4) is 11.8 Å². The van der Waals surface area contributed by atoms with E-state index in [-0.39, 0.29) is 19.1 Å². The molecule has 0 spiro atoms. The van der Waals surface area contributed by atoms with E-state index in [0.717, 1.165) is 11.1 Å². The molecule has 108 valence electrons. The van der Waals surface area contributed by atoms with E-state index in [1.54, 1.807) is 17.0 Å². The SMILES string of the molecule is CCN(CCO)C(=O)c1cccc(C#CCCO)c1C. The molecule has 0 heterocycles. The lowest BCUT2D eigenvalue weighted by Crippen LogP contribution is -2.33. The molecule has 2 N–H and O–H groups in total. The lowest BCUT2D eigenvalue weighted by molar-refractivity contribution is 0.0731. The Balaban J connectivity index is 3.05. The largest absolute Gasteiger partial charge is 0.395 e. The van der Waals surface area contributed by atoms with Crippen LogP contribution in [0.2, 0.25) is 0 Å². The summed E-state index contributed by atoms with van der Waals surface area (Å²) in [5.41, 5.74) is 2.24. The van der Waals surface area contributed by atoms with Gasteiger partial charge in [0, 0.05) is 30.6 Å². The quantitative estimate of drug-likeness (QED) is 0.793. The van der Waals surface area contributed by atoms with E-state index in [2.05, 4.69) is 11.8 Å². The second-order valence-corrected chi connectivity index (χ2v) is 4.36. The van der Waals surface area contributed by atoms with Crippen molar-refractivity contribution in [2.24, 2.45) is 0 Å². The highest BCUT2D eigenvalue weighted by Crippen LogP contribution is 2.15. The highest BCUT2D eigenvalue weighted by molar-refractivity contribution is 5.96. The van der Waals surface area contributed by atoms with Gasteiger partial charge >= 0.3 is 0 Å². The summed E-state index contributed by atoms with van der Waals surface area (Å²) >= 11 is 0. The summed E-state index contributed by atoms with van der Waals surface area (Å²) in [6, 6.07) is 5.43. The van der Waals surface area contributed by atoms with E-state index in [1.165, 1.54) is 0 Å². The maximum absolute atomic E-state index is 12.4. The fourth-order valence-electron chi connectivity index (χ4n) is 1.91. The molecule has 1 rings (SSSR count). The number of aliphatic hydroxyl groups excluding tert-OH is 2. The summed E-state index contributed by atoms with van der Waals surface area (Å²) in [4.78, 5) is 14.0. The highest BCUT2D eigenvalue weighted by atomic mass is 16.3. The van der Waals surface area contributed by atoms with E-state index >= 15 is 0 Å². The second-order valence-electron chi connectivity index (χ2n) is 4.36. The predicted octanol–water partition coefficient (Wildman–Crippen LogP) is 1.18. The van der Waals surface area contributed by atoms with Gasteiger partial charge < -0.3 is 15.1 Å². The molecule has 0 radical (unpaired) electrons. The van der Waals surface area contributed by atoms with Crippen LogP contribution in [-0.4, -0.2) is 47.3 Å². The van der Waals surface area contributed by atoms with Crippen LogP contribution in [0.4, 0.5) is 0 Å². The van der Waals surface area contributed by atoms with Crippen LogP contribution in [0.25, 0.3) is 0 Å². The molecule has 0 atom stereocenters. The fraction of sp³-hybridized carbons (Fsp3) is 0.438. The average Bonchev–Trinajstić information content (AvgIpc) is 2.46. The first-order chi connectivity index (χ1) is 9.65. The molecule has 4 heteroatoms. The van der Waals surface area contributed by atoms with Crippen LogP contribution in [0.3, 0.4) is 0 Å². The fourth-order valence-corrected chi connectivity index (χ4v) is 1.91. The Bertz CT molecular complexity index is 514.